The lowest BCUT2D eigenvalue weighted by atomic mass is 9.80. The molecule has 0 aliphatic heterocycles. The van der Waals surface area contributed by atoms with Gasteiger partial charge in [-0.2, -0.15) is 0 Å². The topological polar surface area (TPSA) is 0 Å². The molecule has 0 atom stereocenters. The summed E-state index contributed by atoms with van der Waals surface area (Å²) in [7, 11) is 0. The van der Waals surface area contributed by atoms with E-state index in [9.17, 15) is 0 Å². The molecule has 0 unspecified atom stereocenters. The standard InChI is InChI=1S/C14H25/c1-3-7-13(8-4-1)11-12-14-9-5-2-6-10-14/h1,13-14H,2-12H2/q+1. The third-order valence-corrected chi connectivity index (χ3v) is 4.27. The minimum Gasteiger partial charge on any atom is -0.0533 e. The van der Waals surface area contributed by atoms with Crippen molar-refractivity contribution in [1.82, 2.24) is 0 Å². The highest BCUT2D eigenvalue weighted by Crippen LogP contribution is 2.32. The lowest BCUT2D eigenvalue weighted by molar-refractivity contribution is 0.286. The Morgan fingerprint density at radius 2 is 1.29 bits per heavy atom. The molecule has 0 nitrogen and oxygen atoms in total. The Hall–Kier alpha value is -0.130. The Morgan fingerprint density at radius 1 is 0.714 bits per heavy atom. The maximum absolute atomic E-state index is 2.48. The van der Waals surface area contributed by atoms with E-state index in [-0.39, 0.29) is 0 Å². The highest BCUT2D eigenvalue weighted by Gasteiger charge is 2.20. The Balaban J connectivity index is 1.60. The van der Waals surface area contributed by atoms with Crippen LogP contribution in [0.25, 0.3) is 0 Å². The molecule has 0 amide bonds. The van der Waals surface area contributed by atoms with Crippen molar-refractivity contribution in [2.24, 2.45) is 11.8 Å². The van der Waals surface area contributed by atoms with Crippen molar-refractivity contribution >= 4 is 0 Å². The molecule has 0 bridgehead atoms. The van der Waals surface area contributed by atoms with Crippen molar-refractivity contribution in [2.45, 2.75) is 70.6 Å². The van der Waals surface area contributed by atoms with E-state index >= 15 is 0 Å². The molecule has 0 N–H and O–H groups in total. The molecule has 0 saturated heterocycles. The molecular weight excluding hydrogens is 168 g/mol. The second-order valence-corrected chi connectivity index (χ2v) is 5.39. The fourth-order valence-corrected chi connectivity index (χ4v) is 3.23. The zero-order chi connectivity index (χ0) is 9.64. The molecule has 14 heavy (non-hydrogen) atoms. The van der Waals surface area contributed by atoms with E-state index in [1.54, 1.807) is 25.7 Å². The number of rotatable bonds is 3. The van der Waals surface area contributed by atoms with Crippen LogP contribution < -0.4 is 0 Å². The summed E-state index contributed by atoms with van der Waals surface area (Å²) in [4.78, 5) is 0. The van der Waals surface area contributed by atoms with Crippen LogP contribution in [0.2, 0.25) is 0 Å². The first kappa shape index (κ1) is 10.4. The first-order valence-corrected chi connectivity index (χ1v) is 6.77. The van der Waals surface area contributed by atoms with Gasteiger partial charge in [0.15, 0.2) is 0 Å². The van der Waals surface area contributed by atoms with Crippen LogP contribution in [0.15, 0.2) is 0 Å². The summed E-state index contributed by atoms with van der Waals surface area (Å²) in [6, 6.07) is 0. The SMILES string of the molecule is [CH+]1CCC(CCC2CCCCC2)CC1. The van der Waals surface area contributed by atoms with Gasteiger partial charge in [-0.3, -0.25) is 0 Å². The Labute approximate surface area is 89.5 Å². The smallest absolute Gasteiger partial charge is 0.0533 e. The van der Waals surface area contributed by atoms with E-state index in [0.717, 1.165) is 11.8 Å². The molecule has 2 fully saturated rings. The zero-order valence-corrected chi connectivity index (χ0v) is 9.51. The lowest BCUT2D eigenvalue weighted by Gasteiger charge is -2.24. The van der Waals surface area contributed by atoms with E-state index < -0.39 is 0 Å². The average Bonchev–Trinajstić information content (AvgIpc) is 2.29. The molecule has 2 aliphatic carbocycles. The zero-order valence-electron chi connectivity index (χ0n) is 9.51. The summed E-state index contributed by atoms with van der Waals surface area (Å²) >= 11 is 0. The van der Waals surface area contributed by atoms with Gasteiger partial charge >= 0.3 is 0 Å². The van der Waals surface area contributed by atoms with Crippen molar-refractivity contribution in [3.8, 4) is 0 Å². The first-order chi connectivity index (χ1) is 6.95. The molecule has 2 rings (SSSR count). The molecule has 0 heterocycles. The van der Waals surface area contributed by atoms with Gasteiger partial charge in [0.25, 0.3) is 0 Å². The van der Waals surface area contributed by atoms with Crippen LogP contribution in [-0.2, 0) is 0 Å². The maximum atomic E-state index is 2.48. The monoisotopic (exact) mass is 193 g/mol. The van der Waals surface area contributed by atoms with Crippen molar-refractivity contribution in [3.63, 3.8) is 0 Å². The van der Waals surface area contributed by atoms with E-state index in [0.29, 0.717) is 0 Å². The van der Waals surface area contributed by atoms with E-state index in [1.807, 2.05) is 0 Å². The molecule has 0 heteroatoms. The molecule has 0 spiro atoms. The lowest BCUT2D eigenvalue weighted by Crippen LogP contribution is -2.11. The fourth-order valence-electron chi connectivity index (χ4n) is 3.23. The van der Waals surface area contributed by atoms with Crippen LogP contribution in [0.4, 0.5) is 0 Å². The summed E-state index contributed by atoms with van der Waals surface area (Å²) in [6.07, 6.45) is 19.0. The highest BCUT2D eigenvalue weighted by atomic mass is 14.2. The third kappa shape index (κ3) is 3.22. The molecule has 0 aromatic heterocycles. The summed E-state index contributed by atoms with van der Waals surface area (Å²) in [5.41, 5.74) is 0. The highest BCUT2D eigenvalue weighted by molar-refractivity contribution is 4.77. The van der Waals surface area contributed by atoms with Gasteiger partial charge in [0, 0.05) is 0 Å². The average molecular weight is 193 g/mol. The van der Waals surface area contributed by atoms with Crippen LogP contribution in [0.5, 0.6) is 0 Å². The summed E-state index contributed by atoms with van der Waals surface area (Å²) < 4.78 is 0. The van der Waals surface area contributed by atoms with Crippen molar-refractivity contribution in [2.75, 3.05) is 0 Å². The molecular formula is C14H25+. The molecule has 80 valence electrons. The van der Waals surface area contributed by atoms with E-state index in [1.165, 1.54) is 44.9 Å². The van der Waals surface area contributed by atoms with Gasteiger partial charge in [-0.05, 0) is 31.1 Å². The summed E-state index contributed by atoms with van der Waals surface area (Å²) in [5.74, 6) is 2.19. The largest absolute Gasteiger partial charge is 0.0878 e. The number of hydrogen-bond acceptors (Lipinski definition) is 0. The molecule has 0 aromatic carbocycles. The third-order valence-electron chi connectivity index (χ3n) is 4.27. The Bertz CT molecular complexity index is 120. The Morgan fingerprint density at radius 3 is 1.93 bits per heavy atom. The Kier molecular flexibility index (Phi) is 4.21. The van der Waals surface area contributed by atoms with E-state index in [2.05, 4.69) is 6.42 Å². The summed E-state index contributed by atoms with van der Waals surface area (Å²) in [5, 5.41) is 0. The maximum Gasteiger partial charge on any atom is 0.0878 e. The second kappa shape index (κ2) is 5.68. The van der Waals surface area contributed by atoms with Gasteiger partial charge in [0.1, 0.15) is 0 Å². The van der Waals surface area contributed by atoms with Gasteiger partial charge in [-0.15, -0.1) is 0 Å². The quantitative estimate of drug-likeness (QED) is 0.568. The second-order valence-electron chi connectivity index (χ2n) is 5.39. The summed E-state index contributed by atoms with van der Waals surface area (Å²) in [6.45, 7) is 0. The van der Waals surface area contributed by atoms with Crippen LogP contribution in [0, 0.1) is 18.3 Å². The normalized spacial score (nSPS) is 26.0. The van der Waals surface area contributed by atoms with Gasteiger partial charge in [-0.25, -0.2) is 0 Å². The van der Waals surface area contributed by atoms with Crippen LogP contribution in [-0.4, -0.2) is 0 Å². The molecule has 0 radical (unpaired) electrons. The van der Waals surface area contributed by atoms with Crippen molar-refractivity contribution in [1.29, 1.82) is 0 Å². The minimum atomic E-state index is 1.09. The van der Waals surface area contributed by atoms with Gasteiger partial charge in [0.05, 0.1) is 19.3 Å². The van der Waals surface area contributed by atoms with Crippen LogP contribution >= 0.6 is 0 Å². The van der Waals surface area contributed by atoms with Gasteiger partial charge in [-0.1, -0.05) is 38.5 Å². The minimum absolute atomic E-state index is 1.09. The molecule has 2 aliphatic rings. The van der Waals surface area contributed by atoms with Gasteiger partial charge in [0.2, 0.25) is 0 Å². The fraction of sp³-hybridized carbons (Fsp3) is 0.929. The predicted octanol–water partition coefficient (Wildman–Crippen LogP) is 4.74. The van der Waals surface area contributed by atoms with Crippen molar-refractivity contribution in [3.05, 3.63) is 6.42 Å². The van der Waals surface area contributed by atoms with Gasteiger partial charge < -0.3 is 0 Å². The van der Waals surface area contributed by atoms with Crippen LogP contribution in [0.1, 0.15) is 70.6 Å². The molecule has 2 saturated carbocycles. The van der Waals surface area contributed by atoms with Crippen molar-refractivity contribution < 1.29 is 0 Å². The van der Waals surface area contributed by atoms with E-state index in [4.69, 9.17) is 0 Å². The first-order valence-electron chi connectivity index (χ1n) is 6.77. The van der Waals surface area contributed by atoms with Crippen LogP contribution in [0.3, 0.4) is 0 Å². The predicted molar refractivity (Wildman–Crippen MR) is 62.1 cm³/mol. The molecule has 0 aromatic rings. The number of hydrogen-bond donors (Lipinski definition) is 0.